The molecule has 114 valence electrons. The summed E-state index contributed by atoms with van der Waals surface area (Å²) in [5.41, 5.74) is 1.24. The zero-order valence-electron chi connectivity index (χ0n) is 12.5. The fraction of sp³-hybridized carbons (Fsp3) is 0.438. The Morgan fingerprint density at radius 2 is 1.95 bits per heavy atom. The highest BCUT2D eigenvalue weighted by molar-refractivity contribution is 5.74. The first kappa shape index (κ1) is 15.2. The molecule has 1 aliphatic rings. The van der Waals surface area contributed by atoms with E-state index in [9.17, 15) is 4.79 Å². The smallest absolute Gasteiger partial charge is 0.318 e. The largest absolute Gasteiger partial charge is 0.497 e. The van der Waals surface area contributed by atoms with Crippen molar-refractivity contribution in [1.29, 1.82) is 0 Å². The number of ether oxygens (including phenoxy) is 2. The van der Waals surface area contributed by atoms with E-state index in [1.54, 1.807) is 13.3 Å². The van der Waals surface area contributed by atoms with Gasteiger partial charge < -0.3 is 20.1 Å². The third-order valence-corrected chi connectivity index (χ3v) is 3.37. The summed E-state index contributed by atoms with van der Waals surface area (Å²) in [5.74, 6) is 2.21. The number of carbonyl (C=O) groups is 1. The van der Waals surface area contributed by atoms with Crippen molar-refractivity contribution < 1.29 is 14.3 Å². The van der Waals surface area contributed by atoms with E-state index in [-0.39, 0.29) is 6.03 Å². The first-order valence-electron chi connectivity index (χ1n) is 7.17. The monoisotopic (exact) mass is 290 g/mol. The number of hydrogen-bond acceptors (Lipinski definition) is 3. The highest BCUT2D eigenvalue weighted by Gasteiger charge is 2.22. The van der Waals surface area contributed by atoms with E-state index < -0.39 is 0 Å². The molecule has 0 unspecified atom stereocenters. The highest BCUT2D eigenvalue weighted by atomic mass is 16.5. The maximum atomic E-state index is 11.5. The number of benzene rings is 1. The van der Waals surface area contributed by atoms with Gasteiger partial charge in [0.15, 0.2) is 0 Å². The zero-order chi connectivity index (χ0) is 15.1. The van der Waals surface area contributed by atoms with E-state index in [0.717, 1.165) is 11.5 Å². The van der Waals surface area contributed by atoms with Crippen LogP contribution < -0.4 is 20.1 Å². The van der Waals surface area contributed by atoms with Crippen LogP contribution in [0.3, 0.4) is 0 Å². The van der Waals surface area contributed by atoms with Crippen LogP contribution in [0.2, 0.25) is 0 Å². The summed E-state index contributed by atoms with van der Waals surface area (Å²) in [4.78, 5) is 11.5. The lowest BCUT2D eigenvalue weighted by molar-refractivity contribution is 0.239. The molecule has 1 saturated carbocycles. The second kappa shape index (κ2) is 7.57. The van der Waals surface area contributed by atoms with E-state index in [2.05, 4.69) is 10.6 Å². The van der Waals surface area contributed by atoms with Gasteiger partial charge in [-0.2, -0.15) is 0 Å². The van der Waals surface area contributed by atoms with Gasteiger partial charge in [0.2, 0.25) is 0 Å². The van der Waals surface area contributed by atoms with E-state index in [1.807, 2.05) is 31.2 Å². The Balaban J connectivity index is 1.60. The molecule has 0 saturated heterocycles. The van der Waals surface area contributed by atoms with Crippen LogP contribution in [0.5, 0.6) is 11.5 Å². The van der Waals surface area contributed by atoms with Crippen LogP contribution in [-0.4, -0.2) is 26.3 Å². The summed E-state index contributed by atoms with van der Waals surface area (Å²) in [7, 11) is 1.62. The van der Waals surface area contributed by atoms with E-state index in [0.29, 0.717) is 19.1 Å². The number of urea groups is 1. The number of carbonyl (C=O) groups excluding carboxylic acids is 1. The van der Waals surface area contributed by atoms with Crippen LogP contribution in [-0.2, 0) is 0 Å². The van der Waals surface area contributed by atoms with Crippen LogP contribution in [0.25, 0.3) is 0 Å². The Bertz CT molecular complexity index is 493. The molecule has 1 aliphatic carbocycles. The molecule has 0 heterocycles. The molecule has 21 heavy (non-hydrogen) atoms. The Labute approximate surface area is 125 Å². The second-order valence-electron chi connectivity index (χ2n) is 5.09. The van der Waals surface area contributed by atoms with Crippen molar-refractivity contribution in [3.05, 3.63) is 36.0 Å². The molecule has 0 atom stereocenters. The van der Waals surface area contributed by atoms with E-state index in [1.165, 1.54) is 18.4 Å². The predicted molar refractivity (Wildman–Crippen MR) is 81.5 cm³/mol. The summed E-state index contributed by atoms with van der Waals surface area (Å²) in [6.07, 6.45) is 4.26. The Morgan fingerprint density at radius 1 is 1.29 bits per heavy atom. The number of allylic oxidation sites excluding steroid dienone is 1. The zero-order valence-corrected chi connectivity index (χ0v) is 12.5. The van der Waals surface area contributed by atoms with Crippen LogP contribution in [0.1, 0.15) is 19.8 Å². The average Bonchev–Trinajstić information content (AvgIpc) is 3.34. The maximum Gasteiger partial charge on any atom is 0.318 e. The van der Waals surface area contributed by atoms with Gasteiger partial charge in [-0.1, -0.05) is 5.57 Å². The van der Waals surface area contributed by atoms with Gasteiger partial charge in [0.05, 0.1) is 13.7 Å². The first-order valence-corrected chi connectivity index (χ1v) is 7.17. The lowest BCUT2D eigenvalue weighted by Gasteiger charge is -2.08. The normalized spacial score (nSPS) is 14.5. The lowest BCUT2D eigenvalue weighted by atomic mass is 10.2. The fourth-order valence-electron chi connectivity index (χ4n) is 1.89. The Morgan fingerprint density at radius 3 is 2.57 bits per heavy atom. The summed E-state index contributed by atoms with van der Waals surface area (Å²) < 4.78 is 10.6. The van der Waals surface area contributed by atoms with Gasteiger partial charge in [-0.25, -0.2) is 4.79 Å². The van der Waals surface area contributed by atoms with Crippen LogP contribution in [0.4, 0.5) is 4.79 Å². The summed E-state index contributed by atoms with van der Waals surface area (Å²) in [5, 5.41) is 5.48. The number of amides is 2. The van der Waals surface area contributed by atoms with Crippen molar-refractivity contribution in [3.8, 4) is 11.5 Å². The van der Waals surface area contributed by atoms with Gasteiger partial charge in [0, 0.05) is 6.20 Å². The Hall–Kier alpha value is -2.17. The molecule has 0 aliphatic heterocycles. The van der Waals surface area contributed by atoms with E-state index in [4.69, 9.17) is 9.47 Å². The third-order valence-electron chi connectivity index (χ3n) is 3.37. The standard InChI is InChI=1S/C16H22N2O3/c1-12(13-3-4-13)11-18-16(19)17-9-10-21-15-7-5-14(20-2)6-8-15/h5-8,11,13H,3-4,9-10H2,1-2H3,(H2,17,18,19)/b12-11+. The van der Waals surface area contributed by atoms with Crippen molar-refractivity contribution in [2.24, 2.45) is 5.92 Å². The molecule has 1 fully saturated rings. The molecular weight excluding hydrogens is 268 g/mol. The number of rotatable bonds is 7. The molecule has 0 spiro atoms. The summed E-state index contributed by atoms with van der Waals surface area (Å²) in [6.45, 7) is 2.92. The fourth-order valence-corrected chi connectivity index (χ4v) is 1.89. The van der Waals surface area contributed by atoms with Crippen molar-refractivity contribution >= 4 is 6.03 Å². The SMILES string of the molecule is COc1ccc(OCCNC(=O)N/C=C(\C)C2CC2)cc1. The van der Waals surface area contributed by atoms with Gasteiger partial charge in [-0.3, -0.25) is 0 Å². The van der Waals surface area contributed by atoms with Crippen molar-refractivity contribution in [2.45, 2.75) is 19.8 Å². The van der Waals surface area contributed by atoms with Gasteiger partial charge >= 0.3 is 6.03 Å². The molecule has 5 heteroatoms. The van der Waals surface area contributed by atoms with E-state index >= 15 is 0 Å². The molecule has 1 aromatic rings. The second-order valence-corrected chi connectivity index (χ2v) is 5.09. The van der Waals surface area contributed by atoms with Gasteiger partial charge in [0.25, 0.3) is 0 Å². The van der Waals surface area contributed by atoms with Crippen LogP contribution in [0, 0.1) is 5.92 Å². The summed E-state index contributed by atoms with van der Waals surface area (Å²) in [6, 6.07) is 7.14. The average molecular weight is 290 g/mol. The predicted octanol–water partition coefficient (Wildman–Crippen LogP) is 2.69. The molecule has 2 rings (SSSR count). The maximum absolute atomic E-state index is 11.5. The van der Waals surface area contributed by atoms with Crippen molar-refractivity contribution in [2.75, 3.05) is 20.3 Å². The topological polar surface area (TPSA) is 59.6 Å². The van der Waals surface area contributed by atoms with Crippen molar-refractivity contribution in [3.63, 3.8) is 0 Å². The highest BCUT2D eigenvalue weighted by Crippen LogP contribution is 2.35. The Kier molecular flexibility index (Phi) is 5.49. The minimum absolute atomic E-state index is 0.201. The number of methoxy groups -OCH3 is 1. The number of hydrogen-bond donors (Lipinski definition) is 2. The molecule has 0 aromatic heterocycles. The molecule has 0 radical (unpaired) electrons. The molecule has 2 amide bonds. The van der Waals surface area contributed by atoms with Gasteiger partial charge in [-0.05, 0) is 49.9 Å². The third kappa shape index (κ3) is 5.38. The van der Waals surface area contributed by atoms with Gasteiger partial charge in [0.1, 0.15) is 18.1 Å². The minimum atomic E-state index is -0.201. The molecule has 1 aromatic carbocycles. The summed E-state index contributed by atoms with van der Waals surface area (Å²) >= 11 is 0. The van der Waals surface area contributed by atoms with Crippen LogP contribution in [0.15, 0.2) is 36.0 Å². The lowest BCUT2D eigenvalue weighted by Crippen LogP contribution is -2.35. The van der Waals surface area contributed by atoms with Crippen LogP contribution >= 0.6 is 0 Å². The molecule has 5 nitrogen and oxygen atoms in total. The van der Waals surface area contributed by atoms with Gasteiger partial charge in [-0.15, -0.1) is 0 Å². The quantitative estimate of drug-likeness (QED) is 0.759. The minimum Gasteiger partial charge on any atom is -0.497 e. The van der Waals surface area contributed by atoms with Crippen molar-refractivity contribution in [1.82, 2.24) is 10.6 Å². The molecule has 2 N–H and O–H groups in total. The first-order chi connectivity index (χ1) is 10.2. The number of nitrogens with one attached hydrogen (secondary N) is 2. The molecule has 0 bridgehead atoms. The molecular formula is C16H22N2O3.